The first-order valence-corrected chi connectivity index (χ1v) is 7.09. The Hall–Kier alpha value is -1.20. The number of thiazole rings is 1. The fourth-order valence-corrected chi connectivity index (χ4v) is 2.56. The molecule has 0 saturated heterocycles. The van der Waals surface area contributed by atoms with Crippen molar-refractivity contribution in [2.75, 3.05) is 0 Å². The van der Waals surface area contributed by atoms with Crippen LogP contribution in [0, 0.1) is 12.8 Å². The second kappa shape index (κ2) is 6.11. The number of nitrogens with zero attached hydrogens (tertiary/aromatic N) is 3. The van der Waals surface area contributed by atoms with Gasteiger partial charge in [0.2, 0.25) is 0 Å². The number of aromatic nitrogens is 3. The Morgan fingerprint density at radius 3 is 2.83 bits per heavy atom. The number of hydrogen-bond donors (Lipinski definition) is 1. The van der Waals surface area contributed by atoms with E-state index in [0.29, 0.717) is 12.0 Å². The van der Waals surface area contributed by atoms with Crippen LogP contribution in [0.2, 0.25) is 0 Å². The summed E-state index contributed by atoms with van der Waals surface area (Å²) in [5.74, 6) is 0.565. The molecule has 2 aromatic rings. The van der Waals surface area contributed by atoms with Crippen LogP contribution in [0.4, 0.5) is 0 Å². The van der Waals surface area contributed by atoms with Gasteiger partial charge in [-0.1, -0.05) is 13.8 Å². The van der Waals surface area contributed by atoms with Gasteiger partial charge in [0.05, 0.1) is 6.54 Å². The van der Waals surface area contributed by atoms with Crippen molar-refractivity contribution in [2.45, 2.75) is 39.9 Å². The lowest BCUT2D eigenvalue weighted by molar-refractivity contribution is 0.341. The fraction of sp³-hybridized carbons (Fsp3) is 0.538. The van der Waals surface area contributed by atoms with Gasteiger partial charge in [-0.3, -0.25) is 4.68 Å². The normalized spacial score (nSPS) is 13.1. The minimum atomic E-state index is 0.411. The van der Waals surface area contributed by atoms with Crippen molar-refractivity contribution in [2.24, 2.45) is 5.92 Å². The van der Waals surface area contributed by atoms with Gasteiger partial charge in [-0.15, -0.1) is 11.3 Å². The lowest BCUT2D eigenvalue weighted by atomic mass is 10.0. The zero-order valence-corrected chi connectivity index (χ0v) is 11.9. The highest BCUT2D eigenvalue weighted by molar-refractivity contribution is 7.11. The highest BCUT2D eigenvalue weighted by atomic mass is 32.1. The van der Waals surface area contributed by atoms with E-state index in [1.807, 2.05) is 29.3 Å². The van der Waals surface area contributed by atoms with Crippen molar-refractivity contribution in [1.82, 2.24) is 20.1 Å². The molecular formula is C13H20N4S. The van der Waals surface area contributed by atoms with Gasteiger partial charge in [0.15, 0.2) is 0 Å². The second-order valence-corrected chi connectivity index (χ2v) is 6.14. The predicted octanol–water partition coefficient (Wildman–Crippen LogP) is 2.46. The molecule has 98 valence electrons. The van der Waals surface area contributed by atoms with Gasteiger partial charge >= 0.3 is 0 Å². The third kappa shape index (κ3) is 3.65. The maximum atomic E-state index is 4.38. The van der Waals surface area contributed by atoms with Crippen LogP contribution < -0.4 is 5.32 Å². The van der Waals surface area contributed by atoms with Crippen molar-refractivity contribution in [3.63, 3.8) is 0 Å². The Kier molecular flexibility index (Phi) is 4.49. The SMILES string of the molecule is Cc1cnc(CNC(Cn2cccn2)C(C)C)s1. The molecule has 5 heteroatoms. The molecule has 18 heavy (non-hydrogen) atoms. The Morgan fingerprint density at radius 2 is 2.28 bits per heavy atom. The van der Waals surface area contributed by atoms with Gasteiger partial charge < -0.3 is 5.32 Å². The first kappa shape index (κ1) is 13.2. The molecule has 2 heterocycles. The van der Waals surface area contributed by atoms with Crippen LogP contribution in [0.25, 0.3) is 0 Å². The zero-order chi connectivity index (χ0) is 13.0. The third-order valence-electron chi connectivity index (χ3n) is 2.93. The average molecular weight is 264 g/mol. The second-order valence-electron chi connectivity index (χ2n) is 4.82. The molecule has 0 spiro atoms. The predicted molar refractivity (Wildman–Crippen MR) is 74.5 cm³/mol. The average Bonchev–Trinajstić information content (AvgIpc) is 2.95. The van der Waals surface area contributed by atoms with Crippen molar-refractivity contribution < 1.29 is 0 Å². The van der Waals surface area contributed by atoms with Crippen LogP contribution >= 0.6 is 11.3 Å². The first-order chi connectivity index (χ1) is 8.65. The molecule has 2 aromatic heterocycles. The summed E-state index contributed by atoms with van der Waals surface area (Å²) >= 11 is 1.75. The minimum Gasteiger partial charge on any atom is -0.306 e. The molecule has 0 amide bonds. The van der Waals surface area contributed by atoms with Crippen LogP contribution in [-0.4, -0.2) is 20.8 Å². The molecule has 0 radical (unpaired) electrons. The molecule has 0 bridgehead atoms. The van der Waals surface area contributed by atoms with Gasteiger partial charge in [-0.25, -0.2) is 4.98 Å². The van der Waals surface area contributed by atoms with Gasteiger partial charge in [0.25, 0.3) is 0 Å². The van der Waals surface area contributed by atoms with E-state index in [4.69, 9.17) is 0 Å². The molecule has 1 unspecified atom stereocenters. The van der Waals surface area contributed by atoms with Gasteiger partial charge in [-0.2, -0.15) is 5.10 Å². The van der Waals surface area contributed by atoms with Gasteiger partial charge in [0.1, 0.15) is 5.01 Å². The quantitative estimate of drug-likeness (QED) is 0.871. The van der Waals surface area contributed by atoms with Crippen LogP contribution in [-0.2, 0) is 13.1 Å². The first-order valence-electron chi connectivity index (χ1n) is 6.27. The molecule has 4 nitrogen and oxygen atoms in total. The van der Waals surface area contributed by atoms with Crippen molar-refractivity contribution >= 4 is 11.3 Å². The number of nitrogens with one attached hydrogen (secondary N) is 1. The Balaban J connectivity index is 1.90. The van der Waals surface area contributed by atoms with E-state index in [-0.39, 0.29) is 0 Å². The fourth-order valence-electron chi connectivity index (χ4n) is 1.82. The van der Waals surface area contributed by atoms with E-state index in [0.717, 1.165) is 18.1 Å². The monoisotopic (exact) mass is 264 g/mol. The van der Waals surface area contributed by atoms with Crippen LogP contribution in [0.5, 0.6) is 0 Å². The molecule has 1 N–H and O–H groups in total. The van der Waals surface area contributed by atoms with E-state index in [9.17, 15) is 0 Å². The maximum absolute atomic E-state index is 4.38. The molecular weight excluding hydrogens is 244 g/mol. The number of hydrogen-bond acceptors (Lipinski definition) is 4. The number of aryl methyl sites for hydroxylation is 1. The summed E-state index contributed by atoms with van der Waals surface area (Å²) in [4.78, 5) is 5.64. The lowest BCUT2D eigenvalue weighted by Gasteiger charge is -2.21. The summed E-state index contributed by atoms with van der Waals surface area (Å²) in [6.45, 7) is 8.28. The van der Waals surface area contributed by atoms with Crippen molar-refractivity contribution in [3.8, 4) is 0 Å². The standard InChI is InChI=1S/C13H20N4S/c1-10(2)12(9-17-6-4-5-16-17)14-8-13-15-7-11(3)18-13/h4-7,10,12,14H,8-9H2,1-3H3. The largest absolute Gasteiger partial charge is 0.306 e. The third-order valence-corrected chi connectivity index (χ3v) is 3.85. The van der Waals surface area contributed by atoms with Gasteiger partial charge in [0, 0.05) is 36.1 Å². The Bertz CT molecular complexity index is 461. The Morgan fingerprint density at radius 1 is 1.44 bits per heavy atom. The summed E-state index contributed by atoms with van der Waals surface area (Å²) in [6.07, 6.45) is 5.76. The van der Waals surface area contributed by atoms with E-state index in [2.05, 4.69) is 36.2 Å². The molecule has 0 fully saturated rings. The lowest BCUT2D eigenvalue weighted by Crippen LogP contribution is -2.37. The van der Waals surface area contributed by atoms with E-state index in [1.54, 1.807) is 11.3 Å². The summed E-state index contributed by atoms with van der Waals surface area (Å²) in [5.41, 5.74) is 0. The summed E-state index contributed by atoms with van der Waals surface area (Å²) < 4.78 is 1.98. The molecule has 0 aliphatic carbocycles. The van der Waals surface area contributed by atoms with Crippen molar-refractivity contribution in [3.05, 3.63) is 34.5 Å². The zero-order valence-electron chi connectivity index (χ0n) is 11.1. The molecule has 0 aliphatic rings. The summed E-state index contributed by atoms with van der Waals surface area (Å²) in [7, 11) is 0. The van der Waals surface area contributed by atoms with Crippen LogP contribution in [0.3, 0.4) is 0 Å². The molecule has 0 saturated carbocycles. The number of rotatable bonds is 6. The van der Waals surface area contributed by atoms with E-state index >= 15 is 0 Å². The minimum absolute atomic E-state index is 0.411. The van der Waals surface area contributed by atoms with Gasteiger partial charge in [-0.05, 0) is 18.9 Å². The van der Waals surface area contributed by atoms with Crippen LogP contribution in [0.15, 0.2) is 24.7 Å². The summed E-state index contributed by atoms with van der Waals surface area (Å²) in [5, 5.41) is 8.99. The van der Waals surface area contributed by atoms with E-state index in [1.165, 1.54) is 4.88 Å². The highest BCUT2D eigenvalue weighted by Gasteiger charge is 2.14. The van der Waals surface area contributed by atoms with E-state index < -0.39 is 0 Å². The highest BCUT2D eigenvalue weighted by Crippen LogP contribution is 2.12. The smallest absolute Gasteiger partial charge is 0.107 e. The van der Waals surface area contributed by atoms with Crippen molar-refractivity contribution in [1.29, 1.82) is 0 Å². The van der Waals surface area contributed by atoms with Crippen LogP contribution in [0.1, 0.15) is 23.7 Å². The molecule has 1 atom stereocenters. The molecule has 0 aliphatic heterocycles. The topological polar surface area (TPSA) is 42.7 Å². The Labute approximate surface area is 112 Å². The molecule has 2 rings (SSSR count). The molecule has 0 aromatic carbocycles. The maximum Gasteiger partial charge on any atom is 0.107 e. The summed E-state index contributed by atoms with van der Waals surface area (Å²) in [6, 6.07) is 2.37.